The molecule has 1 aliphatic rings. The minimum absolute atomic E-state index is 0.349. The first-order valence-electron chi connectivity index (χ1n) is 8.36. The first-order valence-corrected chi connectivity index (χ1v) is 9.11. The van der Waals surface area contributed by atoms with E-state index in [4.69, 9.17) is 28.2 Å². The minimum atomic E-state index is -0.920. The third-order valence-corrected chi connectivity index (χ3v) is 5.36. The Bertz CT molecular complexity index is 1050. The average Bonchev–Trinajstić information content (AvgIpc) is 2.62. The van der Waals surface area contributed by atoms with Gasteiger partial charge in [-0.25, -0.2) is 9.78 Å². The fraction of sp³-hybridized carbons (Fsp3) is 0.143. The van der Waals surface area contributed by atoms with Crippen LogP contribution in [0.3, 0.4) is 0 Å². The molecule has 0 aliphatic heterocycles. The Kier molecular flexibility index (Phi) is 4.43. The van der Waals surface area contributed by atoms with E-state index >= 15 is 0 Å². The second kappa shape index (κ2) is 6.75. The van der Waals surface area contributed by atoms with Crippen LogP contribution in [0.5, 0.6) is 0 Å². The van der Waals surface area contributed by atoms with Gasteiger partial charge in [0, 0.05) is 21.0 Å². The summed E-state index contributed by atoms with van der Waals surface area (Å²) in [6.07, 6.45) is 4.30. The van der Waals surface area contributed by atoms with Crippen LogP contribution in [0.2, 0.25) is 10.0 Å². The van der Waals surface area contributed by atoms with E-state index in [2.05, 4.69) is 0 Å². The lowest BCUT2D eigenvalue weighted by molar-refractivity contribution is 0.0697. The van der Waals surface area contributed by atoms with Gasteiger partial charge in [0.25, 0.3) is 0 Å². The summed E-state index contributed by atoms with van der Waals surface area (Å²) in [4.78, 5) is 16.7. The highest BCUT2D eigenvalue weighted by atomic mass is 35.5. The van der Waals surface area contributed by atoms with Gasteiger partial charge in [-0.2, -0.15) is 0 Å². The molecule has 3 aromatic rings. The van der Waals surface area contributed by atoms with E-state index in [1.165, 1.54) is 0 Å². The highest BCUT2D eigenvalue weighted by Crippen LogP contribution is 2.38. The van der Waals surface area contributed by atoms with Gasteiger partial charge in [-0.3, -0.25) is 0 Å². The summed E-state index contributed by atoms with van der Waals surface area (Å²) in [5.41, 5.74) is 4.27. The van der Waals surface area contributed by atoms with Gasteiger partial charge in [-0.1, -0.05) is 47.5 Å². The summed E-state index contributed by atoms with van der Waals surface area (Å²) in [6.45, 7) is 0. The Morgan fingerprint density at radius 1 is 1.04 bits per heavy atom. The molecule has 1 heterocycles. The Labute approximate surface area is 160 Å². The quantitative estimate of drug-likeness (QED) is 0.579. The maximum atomic E-state index is 12.0. The Balaban J connectivity index is 2.00. The number of hydrogen-bond acceptors (Lipinski definition) is 2. The molecule has 1 aromatic heterocycles. The number of halogens is 2. The molecular weight excluding hydrogens is 369 g/mol. The number of carboxylic acid groups (broad SMARTS) is 1. The maximum absolute atomic E-state index is 12.0. The van der Waals surface area contributed by atoms with Crippen molar-refractivity contribution < 1.29 is 9.90 Å². The molecular formula is C21H15Cl2NO2. The lowest BCUT2D eigenvalue weighted by Gasteiger charge is -2.22. The smallest absolute Gasteiger partial charge is 0.336 e. The Hall–Kier alpha value is -2.36. The molecule has 0 radical (unpaired) electrons. The zero-order valence-corrected chi connectivity index (χ0v) is 15.3. The maximum Gasteiger partial charge on any atom is 0.336 e. The number of benzene rings is 2. The minimum Gasteiger partial charge on any atom is -0.478 e. The molecule has 1 N–H and O–H groups in total. The van der Waals surface area contributed by atoms with Crippen LogP contribution in [-0.2, 0) is 6.42 Å². The molecule has 4 rings (SSSR count). The summed E-state index contributed by atoms with van der Waals surface area (Å²) in [5.74, 6) is -0.920. The van der Waals surface area contributed by atoms with Crippen molar-refractivity contribution in [1.29, 1.82) is 0 Å². The summed E-state index contributed by atoms with van der Waals surface area (Å²) < 4.78 is 0. The van der Waals surface area contributed by atoms with Crippen LogP contribution in [0.1, 0.15) is 40.0 Å². The normalized spacial score (nSPS) is 15.2. The van der Waals surface area contributed by atoms with Crippen LogP contribution in [0.25, 0.3) is 22.6 Å². The second-order valence-corrected chi connectivity index (χ2v) is 7.11. The van der Waals surface area contributed by atoms with Crippen molar-refractivity contribution in [3.8, 4) is 0 Å². The number of fused-ring (bicyclic) bond motifs is 2. The second-order valence-electron chi connectivity index (χ2n) is 6.29. The lowest BCUT2D eigenvalue weighted by atomic mass is 9.86. The van der Waals surface area contributed by atoms with Crippen molar-refractivity contribution in [1.82, 2.24) is 4.98 Å². The van der Waals surface area contributed by atoms with E-state index in [0.29, 0.717) is 32.9 Å². The van der Waals surface area contributed by atoms with Crippen molar-refractivity contribution >= 4 is 51.7 Å². The molecule has 130 valence electrons. The molecule has 0 atom stereocenters. The summed E-state index contributed by atoms with van der Waals surface area (Å²) in [6, 6.07) is 12.7. The van der Waals surface area contributed by atoms with Crippen LogP contribution in [-0.4, -0.2) is 16.1 Å². The third kappa shape index (κ3) is 2.87. The number of rotatable bonds is 2. The number of hydrogen-bond donors (Lipinski definition) is 1. The van der Waals surface area contributed by atoms with Gasteiger partial charge in [0.2, 0.25) is 0 Å². The summed E-state index contributed by atoms with van der Waals surface area (Å²) >= 11 is 12.6. The fourth-order valence-corrected chi connectivity index (χ4v) is 4.05. The molecule has 0 unspecified atom stereocenters. The van der Waals surface area contributed by atoms with E-state index in [9.17, 15) is 9.90 Å². The van der Waals surface area contributed by atoms with Gasteiger partial charge in [-0.15, -0.1) is 0 Å². The van der Waals surface area contributed by atoms with E-state index < -0.39 is 5.97 Å². The van der Waals surface area contributed by atoms with Crippen LogP contribution in [0.15, 0.2) is 42.5 Å². The summed E-state index contributed by atoms with van der Waals surface area (Å²) in [5, 5.41) is 11.6. The molecule has 26 heavy (non-hydrogen) atoms. The highest BCUT2D eigenvalue weighted by Gasteiger charge is 2.25. The SMILES string of the molecule is O=C(O)c1c2c(nc3ccccc13)C(=Cc1c(Cl)cccc1Cl)CCC2. The first kappa shape index (κ1) is 17.1. The van der Waals surface area contributed by atoms with Crippen molar-refractivity contribution in [2.45, 2.75) is 19.3 Å². The number of pyridine rings is 1. The van der Waals surface area contributed by atoms with Crippen molar-refractivity contribution in [2.24, 2.45) is 0 Å². The predicted molar refractivity (Wildman–Crippen MR) is 106 cm³/mol. The van der Waals surface area contributed by atoms with Crippen molar-refractivity contribution in [2.75, 3.05) is 0 Å². The average molecular weight is 384 g/mol. The van der Waals surface area contributed by atoms with Crippen LogP contribution < -0.4 is 0 Å². The number of nitrogens with zero attached hydrogens (tertiary/aromatic N) is 1. The van der Waals surface area contributed by atoms with E-state index in [0.717, 1.165) is 35.2 Å². The van der Waals surface area contributed by atoms with Crippen LogP contribution in [0, 0.1) is 0 Å². The lowest BCUT2D eigenvalue weighted by Crippen LogP contribution is -2.13. The molecule has 0 spiro atoms. The van der Waals surface area contributed by atoms with Crippen molar-refractivity contribution in [3.05, 3.63) is 74.9 Å². The highest BCUT2D eigenvalue weighted by molar-refractivity contribution is 6.37. The van der Waals surface area contributed by atoms with E-state index in [-0.39, 0.29) is 0 Å². The predicted octanol–water partition coefficient (Wildman–Crippen LogP) is 6.12. The number of aromatic carboxylic acids is 1. The monoisotopic (exact) mass is 383 g/mol. The topological polar surface area (TPSA) is 50.2 Å². The number of aromatic nitrogens is 1. The molecule has 5 heteroatoms. The van der Waals surface area contributed by atoms with Crippen molar-refractivity contribution in [3.63, 3.8) is 0 Å². The van der Waals surface area contributed by atoms with Gasteiger partial charge >= 0.3 is 5.97 Å². The molecule has 0 saturated heterocycles. The van der Waals surface area contributed by atoms with Gasteiger partial charge in [0.1, 0.15) is 0 Å². The summed E-state index contributed by atoms with van der Waals surface area (Å²) in [7, 11) is 0. The molecule has 0 bridgehead atoms. The molecule has 0 saturated carbocycles. The standard InChI is InChI=1S/C21H15Cl2NO2/c22-16-8-4-9-17(23)15(16)11-12-5-3-7-14-19(21(25)26)13-6-1-2-10-18(13)24-20(12)14/h1-2,4,6,8-11H,3,5,7H2,(H,25,26). The molecule has 3 nitrogen and oxygen atoms in total. The zero-order chi connectivity index (χ0) is 18.3. The van der Waals surface area contributed by atoms with Crippen LogP contribution >= 0.6 is 23.2 Å². The van der Waals surface area contributed by atoms with E-state index in [1.54, 1.807) is 18.2 Å². The third-order valence-electron chi connectivity index (χ3n) is 4.70. The molecule has 0 amide bonds. The van der Waals surface area contributed by atoms with Gasteiger partial charge < -0.3 is 5.11 Å². The first-order chi connectivity index (χ1) is 12.6. The van der Waals surface area contributed by atoms with Crippen LogP contribution in [0.4, 0.5) is 0 Å². The fourth-order valence-electron chi connectivity index (χ4n) is 3.54. The van der Waals surface area contributed by atoms with E-state index in [1.807, 2.05) is 30.3 Å². The Morgan fingerprint density at radius 2 is 1.77 bits per heavy atom. The Morgan fingerprint density at radius 3 is 2.50 bits per heavy atom. The molecule has 2 aromatic carbocycles. The number of carbonyl (C=O) groups is 1. The van der Waals surface area contributed by atoms with Gasteiger partial charge in [0.15, 0.2) is 0 Å². The number of allylic oxidation sites excluding steroid dienone is 1. The zero-order valence-electron chi connectivity index (χ0n) is 13.8. The number of para-hydroxylation sites is 1. The largest absolute Gasteiger partial charge is 0.478 e. The molecule has 0 fully saturated rings. The van der Waals surface area contributed by atoms with Gasteiger partial charge in [0.05, 0.1) is 16.8 Å². The van der Waals surface area contributed by atoms with Gasteiger partial charge in [-0.05, 0) is 54.7 Å². The molecule has 1 aliphatic carbocycles. The number of carboxylic acids is 1.